The van der Waals surface area contributed by atoms with Crippen molar-refractivity contribution in [3.63, 3.8) is 0 Å². The molecule has 1 aromatic carbocycles. The number of carbonyl (C=O) groups is 1. The van der Waals surface area contributed by atoms with Crippen LogP contribution >= 0.6 is 23.2 Å². The van der Waals surface area contributed by atoms with Gasteiger partial charge < -0.3 is 4.74 Å². The van der Waals surface area contributed by atoms with E-state index in [1.807, 2.05) is 13.0 Å². The van der Waals surface area contributed by atoms with Crippen LogP contribution < -0.4 is 0 Å². The second kappa shape index (κ2) is 8.02. The quantitative estimate of drug-likeness (QED) is 0.689. The van der Waals surface area contributed by atoms with Crippen molar-refractivity contribution in [2.24, 2.45) is 0 Å². The predicted molar refractivity (Wildman–Crippen MR) is 88.0 cm³/mol. The highest BCUT2D eigenvalue weighted by Crippen LogP contribution is 2.38. The van der Waals surface area contributed by atoms with Gasteiger partial charge in [0, 0.05) is 10.0 Å². The molecule has 0 amide bonds. The van der Waals surface area contributed by atoms with Crippen molar-refractivity contribution < 1.29 is 9.53 Å². The Kier molecular flexibility index (Phi) is 6.98. The zero-order valence-corrected chi connectivity index (χ0v) is 14.6. The first-order chi connectivity index (χ1) is 9.88. The summed E-state index contributed by atoms with van der Waals surface area (Å²) < 4.78 is 5.13. The van der Waals surface area contributed by atoms with Crippen molar-refractivity contribution in [1.29, 1.82) is 0 Å². The molecule has 0 aromatic heterocycles. The van der Waals surface area contributed by atoms with Crippen LogP contribution in [0.2, 0.25) is 10.0 Å². The van der Waals surface area contributed by atoms with E-state index in [1.165, 1.54) is 0 Å². The van der Waals surface area contributed by atoms with Crippen molar-refractivity contribution >= 4 is 29.2 Å². The molecule has 1 unspecified atom stereocenters. The number of rotatable bonds is 7. The summed E-state index contributed by atoms with van der Waals surface area (Å²) in [7, 11) is 0. The highest BCUT2D eigenvalue weighted by atomic mass is 35.5. The molecule has 21 heavy (non-hydrogen) atoms. The van der Waals surface area contributed by atoms with E-state index in [2.05, 4.69) is 18.7 Å². The van der Waals surface area contributed by atoms with Crippen LogP contribution in [0.5, 0.6) is 0 Å². The first kappa shape index (κ1) is 18.3. The van der Waals surface area contributed by atoms with Crippen LogP contribution in [0.15, 0.2) is 18.2 Å². The highest BCUT2D eigenvalue weighted by Gasteiger charge is 2.36. The molecule has 0 saturated carbocycles. The maximum absolute atomic E-state index is 12.0. The van der Waals surface area contributed by atoms with E-state index in [0.717, 1.165) is 18.7 Å². The van der Waals surface area contributed by atoms with Crippen LogP contribution in [-0.4, -0.2) is 30.6 Å². The summed E-state index contributed by atoms with van der Waals surface area (Å²) in [5, 5.41) is 1.22. The highest BCUT2D eigenvalue weighted by molar-refractivity contribution is 6.33. The molecule has 0 fully saturated rings. The summed E-state index contributed by atoms with van der Waals surface area (Å²) >= 11 is 12.5. The Morgan fingerprint density at radius 3 is 2.38 bits per heavy atom. The van der Waals surface area contributed by atoms with Gasteiger partial charge in [-0.15, -0.1) is 0 Å². The molecule has 0 aliphatic heterocycles. The fourth-order valence-electron chi connectivity index (χ4n) is 2.70. The zero-order chi connectivity index (χ0) is 16.0. The van der Waals surface area contributed by atoms with E-state index in [1.54, 1.807) is 19.1 Å². The van der Waals surface area contributed by atoms with Gasteiger partial charge in [-0.1, -0.05) is 37.0 Å². The van der Waals surface area contributed by atoms with Crippen LogP contribution in [0.25, 0.3) is 0 Å². The molecule has 0 bridgehead atoms. The Labute approximate surface area is 137 Å². The van der Waals surface area contributed by atoms with Crippen LogP contribution in [0.1, 0.15) is 39.7 Å². The fourth-order valence-corrected chi connectivity index (χ4v) is 3.20. The van der Waals surface area contributed by atoms with Crippen molar-refractivity contribution in [3.8, 4) is 0 Å². The predicted octanol–water partition coefficient (Wildman–Crippen LogP) is 4.50. The van der Waals surface area contributed by atoms with Gasteiger partial charge in [0.15, 0.2) is 0 Å². The van der Waals surface area contributed by atoms with Crippen LogP contribution in [-0.2, 0) is 15.1 Å². The van der Waals surface area contributed by atoms with Crippen molar-refractivity contribution in [2.75, 3.05) is 19.7 Å². The normalized spacial score (nSPS) is 14.0. The molecule has 0 aliphatic rings. The average molecular weight is 332 g/mol. The van der Waals surface area contributed by atoms with Crippen molar-refractivity contribution in [3.05, 3.63) is 33.8 Å². The van der Waals surface area contributed by atoms with Gasteiger partial charge >= 0.3 is 5.97 Å². The largest absolute Gasteiger partial charge is 0.466 e. The molecule has 5 heteroatoms. The smallest absolute Gasteiger partial charge is 0.308 e. The summed E-state index contributed by atoms with van der Waals surface area (Å²) in [5.41, 5.74) is 0.311. The SMILES string of the molecule is CCOC(=O)CC(C)(c1cc(Cl)ccc1Cl)N(CC)CC. The number of benzene rings is 1. The van der Waals surface area contributed by atoms with E-state index in [9.17, 15) is 4.79 Å². The van der Waals surface area contributed by atoms with Gasteiger partial charge in [0.1, 0.15) is 0 Å². The molecular weight excluding hydrogens is 309 g/mol. The Balaban J connectivity index is 3.29. The average Bonchev–Trinajstić information content (AvgIpc) is 2.42. The third-order valence-corrected chi connectivity index (χ3v) is 4.33. The lowest BCUT2D eigenvalue weighted by molar-refractivity contribution is -0.146. The molecule has 0 aliphatic carbocycles. The van der Waals surface area contributed by atoms with Crippen LogP contribution in [0.3, 0.4) is 0 Å². The van der Waals surface area contributed by atoms with Crippen molar-refractivity contribution in [2.45, 2.75) is 39.7 Å². The molecule has 0 spiro atoms. The first-order valence-electron chi connectivity index (χ1n) is 7.25. The number of nitrogens with zero attached hydrogens (tertiary/aromatic N) is 1. The van der Waals surface area contributed by atoms with E-state index in [0.29, 0.717) is 16.7 Å². The van der Waals surface area contributed by atoms with Gasteiger partial charge in [-0.25, -0.2) is 0 Å². The topological polar surface area (TPSA) is 29.5 Å². The second-order valence-corrected chi connectivity index (χ2v) is 5.90. The molecule has 1 rings (SSSR count). The lowest BCUT2D eigenvalue weighted by Gasteiger charge is -2.40. The van der Waals surface area contributed by atoms with Crippen LogP contribution in [0, 0.1) is 0 Å². The molecule has 0 N–H and O–H groups in total. The molecule has 0 saturated heterocycles. The fraction of sp³-hybridized carbons (Fsp3) is 0.562. The number of halogens is 2. The van der Waals surface area contributed by atoms with Gasteiger partial charge in [-0.2, -0.15) is 0 Å². The monoisotopic (exact) mass is 331 g/mol. The summed E-state index contributed by atoms with van der Waals surface area (Å²) in [6, 6.07) is 5.36. The Morgan fingerprint density at radius 1 is 1.24 bits per heavy atom. The second-order valence-electron chi connectivity index (χ2n) is 5.05. The Bertz CT molecular complexity index is 489. The maximum atomic E-state index is 12.0. The Morgan fingerprint density at radius 2 is 1.86 bits per heavy atom. The molecule has 3 nitrogen and oxygen atoms in total. The number of ether oxygens (including phenoxy) is 1. The molecule has 1 atom stereocenters. The number of hydrogen-bond donors (Lipinski definition) is 0. The Hall–Kier alpha value is -0.770. The van der Waals surface area contributed by atoms with Gasteiger partial charge in [0.25, 0.3) is 0 Å². The number of hydrogen-bond acceptors (Lipinski definition) is 3. The van der Waals surface area contributed by atoms with Gasteiger partial charge in [0.2, 0.25) is 0 Å². The number of carbonyl (C=O) groups excluding carboxylic acids is 1. The third-order valence-electron chi connectivity index (χ3n) is 3.76. The lowest BCUT2D eigenvalue weighted by Crippen LogP contribution is -2.45. The molecule has 1 aromatic rings. The minimum Gasteiger partial charge on any atom is -0.466 e. The van der Waals surface area contributed by atoms with Crippen LogP contribution in [0.4, 0.5) is 0 Å². The van der Waals surface area contributed by atoms with Crippen molar-refractivity contribution in [1.82, 2.24) is 4.90 Å². The van der Waals surface area contributed by atoms with Gasteiger partial charge in [0.05, 0.1) is 18.6 Å². The summed E-state index contributed by atoms with van der Waals surface area (Å²) in [4.78, 5) is 14.2. The number of esters is 1. The summed E-state index contributed by atoms with van der Waals surface area (Å²) in [6.07, 6.45) is 0.239. The summed E-state index contributed by atoms with van der Waals surface area (Å²) in [5.74, 6) is -0.233. The van der Waals surface area contributed by atoms with E-state index in [4.69, 9.17) is 27.9 Å². The minimum absolute atomic E-state index is 0.233. The van der Waals surface area contributed by atoms with Gasteiger partial charge in [-0.3, -0.25) is 9.69 Å². The van der Waals surface area contributed by atoms with E-state index < -0.39 is 5.54 Å². The minimum atomic E-state index is -0.544. The standard InChI is InChI=1S/C16H23Cl2NO2/c1-5-19(6-2)16(4,11-15(20)21-7-3)13-10-12(17)8-9-14(13)18/h8-10H,5-7,11H2,1-4H3. The van der Waals surface area contributed by atoms with E-state index in [-0.39, 0.29) is 12.4 Å². The summed E-state index contributed by atoms with van der Waals surface area (Å²) in [6.45, 7) is 9.91. The first-order valence-corrected chi connectivity index (χ1v) is 8.00. The van der Waals surface area contributed by atoms with Gasteiger partial charge in [-0.05, 0) is 50.7 Å². The maximum Gasteiger partial charge on any atom is 0.308 e. The molecule has 118 valence electrons. The molecular formula is C16H23Cl2NO2. The lowest BCUT2D eigenvalue weighted by atomic mass is 9.86. The molecule has 0 heterocycles. The molecule has 0 radical (unpaired) electrons. The zero-order valence-electron chi connectivity index (χ0n) is 13.1. The third kappa shape index (κ3) is 4.35. The van der Waals surface area contributed by atoms with E-state index >= 15 is 0 Å².